The number of ketones is 1. The van der Waals surface area contributed by atoms with Crippen LogP contribution in [0.2, 0.25) is 0 Å². The molecule has 2 rings (SSSR count). The Balaban J connectivity index is 0.000000861. The van der Waals surface area contributed by atoms with Crippen LogP contribution in [0.4, 0.5) is 0 Å². The van der Waals surface area contributed by atoms with E-state index < -0.39 is 0 Å². The molecule has 0 aliphatic carbocycles. The number of aryl methyl sites for hydroxylation is 1. The monoisotopic (exact) mass is 252 g/mol. The Morgan fingerprint density at radius 1 is 1.05 bits per heavy atom. The summed E-state index contributed by atoms with van der Waals surface area (Å²) in [5.74, 6) is 0.118. The molecule has 0 saturated carbocycles. The third-order valence-electron chi connectivity index (χ3n) is 3.02. The summed E-state index contributed by atoms with van der Waals surface area (Å²) < 4.78 is 7.50. The maximum atomic E-state index is 11.2. The molecule has 2 nitrogen and oxygen atoms in total. The standard InChI is InChI=1S/C16H16O.CO/c1-12-5-3-4-6-16(12)11-14-7-9-15(10-8-14)13(2)17;1-2/h3-10H,11H2,1-2H3;. The first-order chi connectivity index (χ1) is 9.16. The predicted octanol–water partition coefficient (Wildman–Crippen LogP) is 3.75. The van der Waals surface area contributed by atoms with Crippen molar-refractivity contribution < 1.29 is 9.45 Å². The molecule has 0 radical (unpaired) electrons. The zero-order chi connectivity index (χ0) is 14.3. The van der Waals surface area contributed by atoms with Gasteiger partial charge in [-0.25, -0.2) is 0 Å². The fourth-order valence-electron chi connectivity index (χ4n) is 1.89. The summed E-state index contributed by atoms with van der Waals surface area (Å²) in [6.45, 7) is 8.22. The molecule has 0 unspecified atom stereocenters. The van der Waals surface area contributed by atoms with Gasteiger partial charge >= 0.3 is 11.3 Å². The molecule has 0 fully saturated rings. The van der Waals surface area contributed by atoms with Crippen LogP contribution in [0.5, 0.6) is 0 Å². The average molecular weight is 252 g/mol. The van der Waals surface area contributed by atoms with Crippen molar-refractivity contribution in [2.45, 2.75) is 20.3 Å². The van der Waals surface area contributed by atoms with E-state index in [9.17, 15) is 4.79 Å². The zero-order valence-electron chi connectivity index (χ0n) is 11.1. The van der Waals surface area contributed by atoms with Crippen molar-refractivity contribution in [3.8, 4) is 0 Å². The molecule has 96 valence electrons. The van der Waals surface area contributed by atoms with E-state index in [-0.39, 0.29) is 5.78 Å². The van der Waals surface area contributed by atoms with Gasteiger partial charge in [-0.2, -0.15) is 0 Å². The van der Waals surface area contributed by atoms with Crippen molar-refractivity contribution in [3.05, 3.63) is 77.4 Å². The van der Waals surface area contributed by atoms with Gasteiger partial charge in [-0.3, -0.25) is 4.79 Å². The van der Waals surface area contributed by atoms with Crippen molar-refractivity contribution in [2.24, 2.45) is 0 Å². The van der Waals surface area contributed by atoms with Gasteiger partial charge in [0.25, 0.3) is 0 Å². The Hall–Kier alpha value is -2.15. The van der Waals surface area contributed by atoms with E-state index in [0.717, 1.165) is 12.0 Å². The van der Waals surface area contributed by atoms with Gasteiger partial charge in [0.1, 0.15) is 0 Å². The van der Waals surface area contributed by atoms with Gasteiger partial charge in [0, 0.05) is 5.56 Å². The molecule has 0 aliphatic rings. The van der Waals surface area contributed by atoms with Crippen LogP contribution in [0.15, 0.2) is 48.5 Å². The van der Waals surface area contributed by atoms with Crippen LogP contribution in [0.3, 0.4) is 0 Å². The first-order valence-electron chi connectivity index (χ1n) is 6.01. The van der Waals surface area contributed by atoms with Crippen LogP contribution >= 0.6 is 0 Å². The van der Waals surface area contributed by atoms with Crippen LogP contribution in [-0.2, 0) is 11.1 Å². The van der Waals surface area contributed by atoms with E-state index in [4.69, 9.17) is 4.65 Å². The third-order valence-corrected chi connectivity index (χ3v) is 3.02. The van der Waals surface area contributed by atoms with E-state index in [2.05, 4.69) is 37.8 Å². The number of Topliss-reactive ketones (excluding diaryl/α,β-unsaturated/α-hetero) is 1. The maximum absolute atomic E-state index is 11.2. The fourth-order valence-corrected chi connectivity index (χ4v) is 1.89. The van der Waals surface area contributed by atoms with E-state index in [1.807, 2.05) is 24.3 Å². The fraction of sp³-hybridized carbons (Fsp3) is 0.176. The molecule has 2 aromatic carbocycles. The second-order valence-electron chi connectivity index (χ2n) is 4.36. The van der Waals surface area contributed by atoms with Gasteiger partial charge in [0.2, 0.25) is 0 Å². The summed E-state index contributed by atoms with van der Waals surface area (Å²) in [7, 11) is 0. The number of rotatable bonds is 3. The molecule has 0 aromatic heterocycles. The van der Waals surface area contributed by atoms with Crippen LogP contribution in [0.1, 0.15) is 34.0 Å². The molecule has 0 spiro atoms. The summed E-state index contributed by atoms with van der Waals surface area (Å²) >= 11 is 0. The average Bonchev–Trinajstić information content (AvgIpc) is 2.44. The topological polar surface area (TPSA) is 37.0 Å². The van der Waals surface area contributed by atoms with Crippen molar-refractivity contribution in [1.29, 1.82) is 0 Å². The molecule has 0 N–H and O–H groups in total. The van der Waals surface area contributed by atoms with Gasteiger partial charge in [-0.1, -0.05) is 48.5 Å². The van der Waals surface area contributed by atoms with Crippen LogP contribution in [0.25, 0.3) is 0 Å². The Labute approximate surface area is 113 Å². The molecule has 2 aromatic rings. The minimum absolute atomic E-state index is 0.118. The molecule has 0 bridgehead atoms. The summed E-state index contributed by atoms with van der Waals surface area (Å²) in [6.07, 6.45) is 0.921. The van der Waals surface area contributed by atoms with Gasteiger partial charge in [-0.15, -0.1) is 0 Å². The summed E-state index contributed by atoms with van der Waals surface area (Å²) in [5.41, 5.74) is 4.66. The molecular weight excluding hydrogens is 236 g/mol. The molecule has 0 atom stereocenters. The van der Waals surface area contributed by atoms with E-state index in [1.165, 1.54) is 16.7 Å². The second-order valence-corrected chi connectivity index (χ2v) is 4.36. The summed E-state index contributed by atoms with van der Waals surface area (Å²) in [5, 5.41) is 0. The van der Waals surface area contributed by atoms with Gasteiger partial charge < -0.3 is 0 Å². The number of hydrogen-bond acceptors (Lipinski definition) is 1. The van der Waals surface area contributed by atoms with E-state index in [1.54, 1.807) is 6.92 Å². The van der Waals surface area contributed by atoms with E-state index >= 15 is 0 Å². The van der Waals surface area contributed by atoms with Crippen LogP contribution in [-0.4, -0.2) is 5.78 Å². The number of carbonyl (C=O) groups excluding carboxylic acids is 1. The SMILES string of the molecule is CC(=O)c1ccc(Cc2ccccc2C)cc1.[C-]#[O+]. The third kappa shape index (κ3) is 4.22. The van der Waals surface area contributed by atoms with E-state index in [0.29, 0.717) is 0 Å². The Kier molecular flexibility index (Phi) is 5.74. The molecular formula is C17H16O2. The first-order valence-corrected chi connectivity index (χ1v) is 6.01. The molecule has 0 heterocycles. The van der Waals surface area contributed by atoms with Crippen molar-refractivity contribution >= 4 is 5.78 Å². The number of benzene rings is 2. The Bertz CT molecular complexity index is 565. The Morgan fingerprint density at radius 2 is 1.63 bits per heavy atom. The second kappa shape index (κ2) is 7.32. The van der Waals surface area contributed by atoms with Gasteiger partial charge in [-0.05, 0) is 37.0 Å². The molecule has 0 amide bonds. The minimum atomic E-state index is 0.118. The van der Waals surface area contributed by atoms with Gasteiger partial charge in [0.15, 0.2) is 5.78 Å². The molecule has 2 heteroatoms. The summed E-state index contributed by atoms with van der Waals surface area (Å²) in [6, 6.07) is 16.2. The normalized spacial score (nSPS) is 9.26. The van der Waals surface area contributed by atoms with Crippen molar-refractivity contribution in [1.82, 2.24) is 0 Å². The molecule has 19 heavy (non-hydrogen) atoms. The number of carbonyl (C=O) groups is 1. The molecule has 0 saturated heterocycles. The zero-order valence-corrected chi connectivity index (χ0v) is 11.1. The predicted molar refractivity (Wildman–Crippen MR) is 74.4 cm³/mol. The quantitative estimate of drug-likeness (QED) is 0.465. The first kappa shape index (κ1) is 14.9. The van der Waals surface area contributed by atoms with Gasteiger partial charge in [0.05, 0.1) is 0 Å². The summed E-state index contributed by atoms with van der Waals surface area (Å²) in [4.78, 5) is 11.2. The van der Waals surface area contributed by atoms with Crippen LogP contribution < -0.4 is 0 Å². The Morgan fingerprint density at radius 3 is 2.16 bits per heavy atom. The van der Waals surface area contributed by atoms with Crippen molar-refractivity contribution in [3.63, 3.8) is 0 Å². The van der Waals surface area contributed by atoms with Crippen LogP contribution in [0, 0.1) is 13.6 Å². The number of hydrogen-bond donors (Lipinski definition) is 0. The molecule has 0 aliphatic heterocycles. The van der Waals surface area contributed by atoms with Crippen molar-refractivity contribution in [2.75, 3.05) is 0 Å².